The van der Waals surface area contributed by atoms with Crippen LogP contribution in [0.3, 0.4) is 0 Å². The first-order valence-electron chi connectivity index (χ1n) is 9.00. The minimum Gasteiger partial charge on any atom is -0.493 e. The molecule has 1 aliphatic heterocycles. The molecule has 1 fully saturated rings. The van der Waals surface area contributed by atoms with Gasteiger partial charge >= 0.3 is 5.97 Å². The summed E-state index contributed by atoms with van der Waals surface area (Å²) in [5.41, 5.74) is 1.24. The number of thioether (sulfide) groups is 1. The van der Waals surface area contributed by atoms with Gasteiger partial charge in [0.25, 0.3) is 5.91 Å². The van der Waals surface area contributed by atoms with Crippen LogP contribution in [0.2, 0.25) is 0 Å². The zero-order chi connectivity index (χ0) is 21.5. The molecule has 7 nitrogen and oxygen atoms in total. The number of benzene rings is 2. The van der Waals surface area contributed by atoms with Crippen molar-refractivity contribution < 1.29 is 28.2 Å². The Kier molecular flexibility index (Phi) is 7.08. The van der Waals surface area contributed by atoms with Crippen molar-refractivity contribution in [2.45, 2.75) is 6.92 Å². The first-order valence-corrected chi connectivity index (χ1v) is 9.81. The number of halogens is 1. The van der Waals surface area contributed by atoms with Crippen molar-refractivity contribution in [1.82, 2.24) is 5.32 Å². The first kappa shape index (κ1) is 21.4. The highest BCUT2D eigenvalue weighted by Gasteiger charge is 2.24. The molecule has 1 N–H and O–H groups in total. The maximum absolute atomic E-state index is 13.0. The van der Waals surface area contributed by atoms with Gasteiger partial charge in [0, 0.05) is 0 Å². The number of carbonyl (C=O) groups is 2. The van der Waals surface area contributed by atoms with Gasteiger partial charge in [-0.2, -0.15) is 0 Å². The molecule has 0 unspecified atom stereocenters. The SMILES string of the molecule is CCOC(=O)COc1ccc(/C=C2\SC(=Nc3ccc(F)cc3)NC2=O)cc1OC. The number of hydrogen-bond donors (Lipinski definition) is 1. The van der Waals surface area contributed by atoms with Gasteiger partial charge in [0.1, 0.15) is 5.82 Å². The van der Waals surface area contributed by atoms with Crippen molar-refractivity contribution in [3.8, 4) is 11.5 Å². The number of amidine groups is 1. The Bertz CT molecular complexity index is 1000. The molecular formula is C21H19FN2O5S. The first-order chi connectivity index (χ1) is 14.5. The van der Waals surface area contributed by atoms with Crippen LogP contribution >= 0.6 is 11.8 Å². The third-order valence-electron chi connectivity index (χ3n) is 3.84. The van der Waals surface area contributed by atoms with Crippen molar-refractivity contribution in [3.63, 3.8) is 0 Å². The average molecular weight is 430 g/mol. The van der Waals surface area contributed by atoms with Crippen LogP contribution in [0.5, 0.6) is 11.5 Å². The molecule has 156 valence electrons. The van der Waals surface area contributed by atoms with Gasteiger partial charge in [-0.3, -0.25) is 4.79 Å². The number of nitrogens with zero attached hydrogens (tertiary/aromatic N) is 1. The Morgan fingerprint density at radius 2 is 1.97 bits per heavy atom. The summed E-state index contributed by atoms with van der Waals surface area (Å²) in [4.78, 5) is 28.4. The molecular weight excluding hydrogens is 411 g/mol. The summed E-state index contributed by atoms with van der Waals surface area (Å²) in [6.45, 7) is 1.76. The van der Waals surface area contributed by atoms with E-state index >= 15 is 0 Å². The van der Waals surface area contributed by atoms with Gasteiger partial charge in [-0.25, -0.2) is 14.2 Å². The van der Waals surface area contributed by atoms with E-state index in [1.165, 1.54) is 43.1 Å². The summed E-state index contributed by atoms with van der Waals surface area (Å²) >= 11 is 1.17. The molecule has 3 rings (SSSR count). The quantitative estimate of drug-likeness (QED) is 0.533. The summed E-state index contributed by atoms with van der Waals surface area (Å²) in [6, 6.07) is 10.7. The number of rotatable bonds is 7. The molecule has 30 heavy (non-hydrogen) atoms. The molecule has 0 atom stereocenters. The Balaban J connectivity index is 1.73. The zero-order valence-electron chi connectivity index (χ0n) is 16.3. The second-order valence-corrected chi connectivity index (χ2v) is 6.99. The fourth-order valence-electron chi connectivity index (χ4n) is 2.50. The standard InChI is InChI=1S/C21H19FN2O5S/c1-3-28-19(25)12-29-16-9-4-13(10-17(16)27-2)11-18-20(26)24-21(30-18)23-15-7-5-14(22)6-8-15/h4-11H,3,12H2,1-2H3,(H,23,24,26)/b18-11-. The van der Waals surface area contributed by atoms with Crippen molar-refractivity contribution in [3.05, 3.63) is 58.8 Å². The fourth-order valence-corrected chi connectivity index (χ4v) is 3.34. The van der Waals surface area contributed by atoms with Gasteiger partial charge < -0.3 is 19.5 Å². The second-order valence-electron chi connectivity index (χ2n) is 5.96. The Morgan fingerprint density at radius 1 is 1.20 bits per heavy atom. The Hall–Kier alpha value is -3.33. The minimum absolute atomic E-state index is 0.230. The van der Waals surface area contributed by atoms with E-state index in [-0.39, 0.29) is 24.9 Å². The van der Waals surface area contributed by atoms with Crippen molar-refractivity contribution >= 4 is 40.6 Å². The van der Waals surface area contributed by atoms with Gasteiger partial charge in [0.15, 0.2) is 23.3 Å². The third-order valence-corrected chi connectivity index (χ3v) is 4.75. The highest BCUT2D eigenvalue weighted by atomic mass is 32.2. The molecule has 0 spiro atoms. The van der Waals surface area contributed by atoms with E-state index < -0.39 is 5.97 Å². The molecule has 0 bridgehead atoms. The number of carbonyl (C=O) groups excluding carboxylic acids is 2. The molecule has 0 saturated carbocycles. The van der Waals surface area contributed by atoms with E-state index in [1.54, 1.807) is 31.2 Å². The van der Waals surface area contributed by atoms with Crippen LogP contribution in [0.25, 0.3) is 6.08 Å². The van der Waals surface area contributed by atoms with Crippen LogP contribution in [-0.4, -0.2) is 37.4 Å². The molecule has 2 aromatic rings. The van der Waals surface area contributed by atoms with Crippen molar-refractivity contribution in [2.24, 2.45) is 4.99 Å². The zero-order valence-corrected chi connectivity index (χ0v) is 17.1. The second kappa shape index (κ2) is 9.93. The topological polar surface area (TPSA) is 86.2 Å². The molecule has 2 aromatic carbocycles. The maximum atomic E-state index is 13.0. The normalized spacial score (nSPS) is 15.9. The predicted octanol–water partition coefficient (Wildman–Crippen LogP) is 3.67. The maximum Gasteiger partial charge on any atom is 0.344 e. The Labute approximate surface area is 176 Å². The lowest BCUT2D eigenvalue weighted by Gasteiger charge is -2.11. The number of amides is 1. The molecule has 0 aliphatic carbocycles. The van der Waals surface area contributed by atoms with Crippen LogP contribution in [0.1, 0.15) is 12.5 Å². The molecule has 1 saturated heterocycles. The average Bonchev–Trinajstić information content (AvgIpc) is 3.07. The van der Waals surface area contributed by atoms with E-state index in [2.05, 4.69) is 10.3 Å². The lowest BCUT2D eigenvalue weighted by Crippen LogP contribution is -2.19. The lowest BCUT2D eigenvalue weighted by molar-refractivity contribution is -0.145. The van der Waals surface area contributed by atoms with E-state index in [1.807, 2.05) is 0 Å². The molecule has 1 heterocycles. The summed E-state index contributed by atoms with van der Waals surface area (Å²) in [7, 11) is 1.48. The number of hydrogen-bond acceptors (Lipinski definition) is 7. The summed E-state index contributed by atoms with van der Waals surface area (Å²) < 4.78 is 28.6. The molecule has 0 aromatic heterocycles. The number of methoxy groups -OCH3 is 1. The molecule has 0 radical (unpaired) electrons. The van der Waals surface area contributed by atoms with Gasteiger partial charge in [-0.1, -0.05) is 6.07 Å². The highest BCUT2D eigenvalue weighted by molar-refractivity contribution is 8.18. The lowest BCUT2D eigenvalue weighted by atomic mass is 10.2. The van der Waals surface area contributed by atoms with Crippen LogP contribution in [-0.2, 0) is 14.3 Å². The fraction of sp³-hybridized carbons (Fsp3) is 0.190. The van der Waals surface area contributed by atoms with Gasteiger partial charge in [0.2, 0.25) is 0 Å². The Morgan fingerprint density at radius 3 is 2.67 bits per heavy atom. The van der Waals surface area contributed by atoms with Gasteiger partial charge in [-0.15, -0.1) is 0 Å². The van der Waals surface area contributed by atoms with E-state index in [0.717, 1.165) is 0 Å². The molecule has 9 heteroatoms. The summed E-state index contributed by atoms with van der Waals surface area (Å²) in [6.07, 6.45) is 1.69. The van der Waals surface area contributed by atoms with E-state index in [0.29, 0.717) is 32.8 Å². The van der Waals surface area contributed by atoms with Crippen LogP contribution in [0.4, 0.5) is 10.1 Å². The number of aliphatic imine (C=N–C) groups is 1. The van der Waals surface area contributed by atoms with Gasteiger partial charge in [-0.05, 0) is 66.7 Å². The number of esters is 1. The van der Waals surface area contributed by atoms with Gasteiger partial charge in [0.05, 0.1) is 24.3 Å². The van der Waals surface area contributed by atoms with Crippen LogP contribution in [0.15, 0.2) is 52.4 Å². The predicted molar refractivity (Wildman–Crippen MR) is 112 cm³/mol. The highest BCUT2D eigenvalue weighted by Crippen LogP contribution is 2.32. The van der Waals surface area contributed by atoms with Crippen LogP contribution in [0, 0.1) is 5.82 Å². The number of ether oxygens (including phenoxy) is 3. The molecule has 1 amide bonds. The van der Waals surface area contributed by atoms with E-state index in [9.17, 15) is 14.0 Å². The number of nitrogens with one attached hydrogen (secondary N) is 1. The van der Waals surface area contributed by atoms with Crippen molar-refractivity contribution in [2.75, 3.05) is 20.3 Å². The summed E-state index contributed by atoms with van der Waals surface area (Å²) in [5, 5.41) is 3.08. The monoisotopic (exact) mass is 430 g/mol. The summed E-state index contributed by atoms with van der Waals surface area (Å²) in [5.74, 6) is -0.321. The van der Waals surface area contributed by atoms with Crippen LogP contribution < -0.4 is 14.8 Å². The van der Waals surface area contributed by atoms with Crippen molar-refractivity contribution in [1.29, 1.82) is 0 Å². The molecule has 1 aliphatic rings. The van der Waals surface area contributed by atoms with E-state index in [4.69, 9.17) is 14.2 Å². The largest absolute Gasteiger partial charge is 0.493 e. The minimum atomic E-state index is -0.474. The third kappa shape index (κ3) is 5.60. The smallest absolute Gasteiger partial charge is 0.344 e.